The zero-order valence-electron chi connectivity index (χ0n) is 8.91. The van der Waals surface area contributed by atoms with Gasteiger partial charge < -0.3 is 5.11 Å². The van der Waals surface area contributed by atoms with Crippen molar-refractivity contribution in [3.8, 4) is 0 Å². The molecule has 1 rings (SSSR count). The van der Waals surface area contributed by atoms with Crippen molar-refractivity contribution in [2.45, 2.75) is 0 Å². The molecule has 1 aromatic rings. The number of rotatable bonds is 5. The number of aliphatic hydroxyl groups is 1. The minimum atomic E-state index is -1.03. The number of halogens is 2. The van der Waals surface area contributed by atoms with E-state index in [0.717, 1.165) is 12.1 Å². The molecular formula is C11H13F2NO2. The summed E-state index contributed by atoms with van der Waals surface area (Å²) in [5.41, 5.74) is 0.128. The molecule has 88 valence electrons. The smallest absolute Gasteiger partial charge is 0.176 e. The van der Waals surface area contributed by atoms with Crippen LogP contribution < -0.4 is 0 Å². The van der Waals surface area contributed by atoms with Gasteiger partial charge in [-0.3, -0.25) is 9.69 Å². The van der Waals surface area contributed by atoms with Gasteiger partial charge >= 0.3 is 0 Å². The average Bonchev–Trinajstić information content (AvgIpc) is 2.22. The predicted molar refractivity (Wildman–Crippen MR) is 55.3 cm³/mol. The molecular weight excluding hydrogens is 216 g/mol. The Balaban J connectivity index is 2.69. The molecule has 1 aromatic carbocycles. The van der Waals surface area contributed by atoms with Gasteiger partial charge in [0.1, 0.15) is 0 Å². The molecule has 0 amide bonds. The van der Waals surface area contributed by atoms with E-state index >= 15 is 0 Å². The summed E-state index contributed by atoms with van der Waals surface area (Å²) in [5.74, 6) is -2.31. The third-order valence-corrected chi connectivity index (χ3v) is 2.14. The lowest BCUT2D eigenvalue weighted by atomic mass is 10.1. The van der Waals surface area contributed by atoms with E-state index in [-0.39, 0.29) is 24.5 Å². The molecule has 0 saturated heterocycles. The van der Waals surface area contributed by atoms with Crippen LogP contribution in [0.15, 0.2) is 18.2 Å². The van der Waals surface area contributed by atoms with Crippen molar-refractivity contribution < 1.29 is 18.7 Å². The SMILES string of the molecule is CN(CCO)CC(=O)c1ccc(F)c(F)c1. The van der Waals surface area contributed by atoms with Crippen LogP contribution >= 0.6 is 0 Å². The fourth-order valence-corrected chi connectivity index (χ4v) is 1.26. The molecule has 0 aliphatic rings. The Kier molecular flexibility index (Phi) is 4.52. The minimum Gasteiger partial charge on any atom is -0.395 e. The van der Waals surface area contributed by atoms with Crippen molar-refractivity contribution in [2.24, 2.45) is 0 Å². The largest absolute Gasteiger partial charge is 0.395 e. The Hall–Kier alpha value is -1.33. The summed E-state index contributed by atoms with van der Waals surface area (Å²) in [5, 5.41) is 8.64. The molecule has 0 aliphatic carbocycles. The van der Waals surface area contributed by atoms with Gasteiger partial charge in [-0.2, -0.15) is 0 Å². The molecule has 16 heavy (non-hydrogen) atoms. The van der Waals surface area contributed by atoms with Crippen LogP contribution in [0.3, 0.4) is 0 Å². The molecule has 0 spiro atoms. The van der Waals surface area contributed by atoms with Crippen LogP contribution in [0, 0.1) is 11.6 Å². The maximum Gasteiger partial charge on any atom is 0.176 e. The molecule has 0 bridgehead atoms. The standard InChI is InChI=1S/C11H13F2NO2/c1-14(4-5-15)7-11(16)8-2-3-9(12)10(13)6-8/h2-3,6,15H,4-5,7H2,1H3. The van der Waals surface area contributed by atoms with Gasteiger partial charge in [0.05, 0.1) is 13.2 Å². The third-order valence-electron chi connectivity index (χ3n) is 2.14. The van der Waals surface area contributed by atoms with Crippen LogP contribution in [0.1, 0.15) is 10.4 Å². The quantitative estimate of drug-likeness (QED) is 0.768. The third kappa shape index (κ3) is 3.36. The summed E-state index contributed by atoms with van der Waals surface area (Å²) in [6, 6.07) is 3.05. The van der Waals surface area contributed by atoms with Gasteiger partial charge in [0.15, 0.2) is 17.4 Å². The zero-order chi connectivity index (χ0) is 12.1. The number of carbonyl (C=O) groups is 1. The Labute approximate surface area is 92.3 Å². The fraction of sp³-hybridized carbons (Fsp3) is 0.364. The molecule has 0 atom stereocenters. The molecule has 5 heteroatoms. The summed E-state index contributed by atoms with van der Waals surface area (Å²) >= 11 is 0. The number of hydrogen-bond donors (Lipinski definition) is 1. The second-order valence-electron chi connectivity index (χ2n) is 3.51. The highest BCUT2D eigenvalue weighted by Crippen LogP contribution is 2.09. The Bertz CT molecular complexity index is 382. The number of nitrogens with zero attached hydrogens (tertiary/aromatic N) is 1. The normalized spacial score (nSPS) is 10.8. The van der Waals surface area contributed by atoms with Gasteiger partial charge in [0.2, 0.25) is 0 Å². The topological polar surface area (TPSA) is 40.5 Å². The minimum absolute atomic E-state index is 0.0540. The van der Waals surface area contributed by atoms with Crippen LogP contribution in [0.5, 0.6) is 0 Å². The Morgan fingerprint density at radius 3 is 2.62 bits per heavy atom. The van der Waals surface area contributed by atoms with Crippen molar-refractivity contribution >= 4 is 5.78 Å². The van der Waals surface area contributed by atoms with Crippen LogP contribution in [-0.2, 0) is 0 Å². The highest BCUT2D eigenvalue weighted by Gasteiger charge is 2.11. The Morgan fingerprint density at radius 1 is 1.38 bits per heavy atom. The first-order chi connectivity index (χ1) is 7.54. The van der Waals surface area contributed by atoms with E-state index in [1.807, 2.05) is 0 Å². The molecule has 0 saturated carbocycles. The predicted octanol–water partition coefficient (Wildman–Crippen LogP) is 1.07. The highest BCUT2D eigenvalue weighted by molar-refractivity contribution is 5.97. The van der Waals surface area contributed by atoms with Crippen molar-refractivity contribution in [1.82, 2.24) is 4.90 Å². The lowest BCUT2D eigenvalue weighted by Gasteiger charge is -2.13. The van der Waals surface area contributed by atoms with Crippen LogP contribution in [0.25, 0.3) is 0 Å². The van der Waals surface area contributed by atoms with E-state index < -0.39 is 11.6 Å². The highest BCUT2D eigenvalue weighted by atomic mass is 19.2. The van der Waals surface area contributed by atoms with Crippen LogP contribution in [0.4, 0.5) is 8.78 Å². The second-order valence-corrected chi connectivity index (χ2v) is 3.51. The van der Waals surface area contributed by atoms with E-state index in [4.69, 9.17) is 5.11 Å². The molecule has 0 fully saturated rings. The molecule has 0 aliphatic heterocycles. The molecule has 0 unspecified atom stereocenters. The first-order valence-electron chi connectivity index (χ1n) is 4.82. The van der Waals surface area contributed by atoms with Gasteiger partial charge in [-0.25, -0.2) is 8.78 Å². The molecule has 0 aromatic heterocycles. The maximum absolute atomic E-state index is 12.8. The molecule has 0 radical (unpaired) electrons. The van der Waals surface area contributed by atoms with E-state index in [1.165, 1.54) is 6.07 Å². The first-order valence-corrected chi connectivity index (χ1v) is 4.82. The van der Waals surface area contributed by atoms with Crippen LogP contribution in [0.2, 0.25) is 0 Å². The van der Waals surface area contributed by atoms with E-state index in [0.29, 0.717) is 6.54 Å². The number of Topliss-reactive ketones (excluding diaryl/α,β-unsaturated/α-hetero) is 1. The Morgan fingerprint density at radius 2 is 2.06 bits per heavy atom. The van der Waals surface area contributed by atoms with Crippen molar-refractivity contribution in [3.05, 3.63) is 35.4 Å². The lowest BCUT2D eigenvalue weighted by molar-refractivity contribution is 0.0935. The summed E-state index contributed by atoms with van der Waals surface area (Å²) in [6.07, 6.45) is 0. The zero-order valence-corrected chi connectivity index (χ0v) is 8.91. The van der Waals surface area contributed by atoms with Gasteiger partial charge in [0.25, 0.3) is 0 Å². The van der Waals surface area contributed by atoms with Crippen molar-refractivity contribution in [3.63, 3.8) is 0 Å². The number of aliphatic hydroxyl groups excluding tert-OH is 1. The number of hydrogen-bond acceptors (Lipinski definition) is 3. The average molecular weight is 229 g/mol. The number of likely N-dealkylation sites (N-methyl/N-ethyl adjacent to an activating group) is 1. The van der Waals surface area contributed by atoms with Gasteiger partial charge in [0, 0.05) is 12.1 Å². The summed E-state index contributed by atoms with van der Waals surface area (Å²) in [6.45, 7) is 0.364. The van der Waals surface area contributed by atoms with Gasteiger partial charge in [-0.15, -0.1) is 0 Å². The number of ketones is 1. The van der Waals surface area contributed by atoms with Crippen molar-refractivity contribution in [1.29, 1.82) is 0 Å². The second kappa shape index (κ2) is 5.67. The molecule has 1 N–H and O–H groups in total. The summed E-state index contributed by atoms with van der Waals surface area (Å²) in [4.78, 5) is 13.2. The van der Waals surface area contributed by atoms with Crippen molar-refractivity contribution in [2.75, 3.05) is 26.7 Å². The summed E-state index contributed by atoms with van der Waals surface area (Å²) < 4.78 is 25.5. The maximum atomic E-state index is 12.8. The number of benzene rings is 1. The van der Waals surface area contributed by atoms with Crippen LogP contribution in [-0.4, -0.2) is 42.5 Å². The first kappa shape index (κ1) is 12.7. The van der Waals surface area contributed by atoms with E-state index in [2.05, 4.69) is 0 Å². The lowest BCUT2D eigenvalue weighted by Crippen LogP contribution is -2.28. The van der Waals surface area contributed by atoms with E-state index in [9.17, 15) is 13.6 Å². The monoisotopic (exact) mass is 229 g/mol. The number of carbonyl (C=O) groups excluding carboxylic acids is 1. The fourth-order valence-electron chi connectivity index (χ4n) is 1.26. The summed E-state index contributed by atoms with van der Waals surface area (Å²) in [7, 11) is 1.66. The molecule has 0 heterocycles. The molecule has 3 nitrogen and oxygen atoms in total. The van der Waals surface area contributed by atoms with Gasteiger partial charge in [-0.05, 0) is 25.2 Å². The van der Waals surface area contributed by atoms with Gasteiger partial charge in [-0.1, -0.05) is 0 Å². The van der Waals surface area contributed by atoms with E-state index in [1.54, 1.807) is 11.9 Å².